The van der Waals surface area contributed by atoms with Crippen molar-refractivity contribution in [3.05, 3.63) is 82.4 Å². The number of hydrogen-bond donors (Lipinski definition) is 0. The number of furan rings is 1. The Bertz CT molecular complexity index is 4160. The molecule has 0 N–H and O–H groups in total. The molecule has 10 heterocycles. The summed E-state index contributed by atoms with van der Waals surface area (Å²) in [7, 11) is 0. The van der Waals surface area contributed by atoms with Crippen LogP contribution in [0.15, 0.2) is 70.7 Å². The zero-order valence-electron chi connectivity index (χ0n) is 85.2. The van der Waals surface area contributed by atoms with Gasteiger partial charge in [-0.25, -0.2) is 0 Å². The third-order valence-corrected chi connectivity index (χ3v) is 30.5. The number of hydrogen-bond acceptors (Lipinski definition) is 18. The van der Waals surface area contributed by atoms with Crippen LogP contribution in [-0.2, 0) is 62.3 Å². The molecule has 3 aromatic rings. The molecule has 25 nitrogen and oxygen atoms in total. The minimum absolute atomic E-state index is 0.00505. The van der Waals surface area contributed by atoms with E-state index in [1.165, 1.54) is 94.3 Å². The van der Waals surface area contributed by atoms with Crippen molar-refractivity contribution in [2.45, 2.75) is 440 Å². The zero-order valence-corrected chi connectivity index (χ0v) is 86.0. The monoisotopic (exact) mass is 1910 g/mol. The number of Topliss-reactive ketones (excluding diaryl/α,β-unsaturated/α-hetero) is 8. The smallest absolute Gasteiger partial charge is 0.298 e. The summed E-state index contributed by atoms with van der Waals surface area (Å²) >= 11 is 1.33. The Balaban J connectivity index is 0.000000212. The molecule has 0 spiro atoms. The van der Waals surface area contributed by atoms with Gasteiger partial charge in [0.1, 0.15) is 0 Å². The third kappa shape index (κ3) is 36.8. The van der Waals surface area contributed by atoms with E-state index in [1.54, 1.807) is 94.7 Å². The van der Waals surface area contributed by atoms with E-state index in [9.17, 15) is 76.7 Å². The fraction of sp³-hybridized carbons (Fsp3) is 0.727. The van der Waals surface area contributed by atoms with Crippen molar-refractivity contribution in [1.29, 1.82) is 0 Å². The van der Waals surface area contributed by atoms with Crippen molar-refractivity contribution in [3.8, 4) is 0 Å². The first-order valence-electron chi connectivity index (χ1n) is 53.1. The Morgan fingerprint density at radius 1 is 0.279 bits per heavy atom. The van der Waals surface area contributed by atoms with Gasteiger partial charge in [0.2, 0.25) is 34.7 Å². The summed E-state index contributed by atoms with van der Waals surface area (Å²) in [5, 5.41) is 1.83. The SMILES string of the molecule is CC1CCCCCN1C(=O)C(=O)C(C)(C)C.CC1CCCCCN1C(=O)C(=O)C1CCCC1.CC1CCCCCN1C(=O)C(=O)C1CCCCC1.CC1CCCCCN1C(=O)C(=O)C1CCCCCC1.CC1CCCCCN1C(=O)C(=O)c1ccccc1.CC1CCCCCN1C(=O)C(=O)c1ccco1.CC1CCCCCN1C(=O)C(=O)c1cccs1.CCC(=O)C(=O)N1CCCCCC1C. The lowest BCUT2D eigenvalue weighted by Gasteiger charge is -2.29. The van der Waals surface area contributed by atoms with Gasteiger partial charge in [0.05, 0.1) is 11.1 Å². The van der Waals surface area contributed by atoms with Gasteiger partial charge in [-0.1, -0.05) is 225 Å². The predicted molar refractivity (Wildman–Crippen MR) is 534 cm³/mol. The van der Waals surface area contributed by atoms with Crippen LogP contribution in [0.3, 0.4) is 0 Å². The van der Waals surface area contributed by atoms with Crippen molar-refractivity contribution < 1.29 is 81.1 Å². The topological polar surface area (TPSA) is 312 Å². The molecule has 11 aliphatic rings. The largest absolute Gasteiger partial charge is 0.461 e. The Morgan fingerprint density at radius 2 is 0.537 bits per heavy atom. The first-order valence-corrected chi connectivity index (χ1v) is 54.0. The second-order valence-corrected chi connectivity index (χ2v) is 42.3. The molecule has 8 amide bonds. The van der Waals surface area contributed by atoms with Crippen molar-refractivity contribution >= 4 is 105 Å². The Kier molecular flexibility index (Phi) is 51.3. The first-order chi connectivity index (χ1) is 65.2. The Hall–Kier alpha value is -8.68. The summed E-state index contributed by atoms with van der Waals surface area (Å²) in [5.41, 5.74) is -0.0812. The molecule has 3 aliphatic carbocycles. The molecule has 136 heavy (non-hydrogen) atoms. The number of amides is 8. The molecule has 2 aromatic heterocycles. The first kappa shape index (κ1) is 114. The van der Waals surface area contributed by atoms with Crippen LogP contribution in [0.5, 0.6) is 0 Å². The maximum Gasteiger partial charge on any atom is 0.298 e. The fourth-order valence-corrected chi connectivity index (χ4v) is 21.2. The Morgan fingerprint density at radius 3 is 0.816 bits per heavy atom. The highest BCUT2D eigenvalue weighted by Gasteiger charge is 2.40. The van der Waals surface area contributed by atoms with Crippen molar-refractivity contribution in [2.75, 3.05) is 52.4 Å². The van der Waals surface area contributed by atoms with E-state index in [0.717, 1.165) is 270 Å². The molecule has 8 aliphatic heterocycles. The maximum absolute atomic E-state index is 12.4. The molecule has 8 unspecified atom stereocenters. The van der Waals surface area contributed by atoms with E-state index >= 15 is 0 Å². The van der Waals surface area contributed by atoms with Gasteiger partial charge < -0.3 is 43.6 Å². The minimum Gasteiger partial charge on any atom is -0.461 e. The molecule has 26 heteroatoms. The van der Waals surface area contributed by atoms with Crippen LogP contribution in [0.1, 0.15) is 422 Å². The van der Waals surface area contributed by atoms with Crippen molar-refractivity contribution in [3.63, 3.8) is 0 Å². The molecule has 8 saturated heterocycles. The van der Waals surface area contributed by atoms with Gasteiger partial charge in [0, 0.05) is 136 Å². The van der Waals surface area contributed by atoms with Gasteiger partial charge in [0.25, 0.3) is 58.8 Å². The average Bonchev–Trinajstić information content (AvgIpc) is 1.83. The highest BCUT2D eigenvalue weighted by molar-refractivity contribution is 7.13. The van der Waals surface area contributed by atoms with E-state index in [4.69, 9.17) is 4.42 Å². The number of thiophene rings is 1. The molecule has 0 radical (unpaired) electrons. The molecule has 8 atom stereocenters. The standard InChI is InChI=1S/C16H27NO2.C15H25NO2.C15H19NO2.C14H23NO2.C13H17NO3.C13H17NO2S.C13H23NO2.C11H19NO2/c1-13-9-5-4-8-12-17(13)16(19)15(18)14-10-6-2-3-7-11-14;2*1-12-8-4-3-7-11-16(12)15(18)14(17)13-9-5-2-6-10-13;1-11-7-3-2-6-10-15(11)14(17)13(16)12-8-4-5-9-12;2*1-10-6-3-2-4-8-14(10)13(16)12(15)11-7-5-9-17-11;1-10-8-6-5-7-9-14(10)12(16)11(15)13(2,3)4;1-3-10(13)11(14)12-8-6-4-5-7-9(12)2/h13-14H,2-12H2,1H3;12-13H,2-11H2,1H3;2,5-6,9-10,12H,3-4,7-8,11H2,1H3;11-12H,2-10H2,1H3;2*5,7,9-10H,2-4,6,8H2,1H3;10H,5-9H2,1-4H3;9H,3-8H2,1-2H3. The minimum atomic E-state index is -0.566. The molecule has 11 fully saturated rings. The summed E-state index contributed by atoms with van der Waals surface area (Å²) < 4.78 is 4.98. The zero-order chi connectivity index (χ0) is 99.2. The van der Waals surface area contributed by atoms with Gasteiger partial charge in [-0.3, -0.25) is 76.7 Å². The lowest BCUT2D eigenvalue weighted by Crippen LogP contribution is -2.45. The third-order valence-electron chi connectivity index (χ3n) is 29.6. The average molecular weight is 1910 g/mol. The van der Waals surface area contributed by atoms with Crippen LogP contribution in [0.25, 0.3) is 0 Å². The van der Waals surface area contributed by atoms with Crippen LogP contribution in [0.4, 0.5) is 0 Å². The van der Waals surface area contributed by atoms with Crippen LogP contribution in [0.2, 0.25) is 0 Å². The summed E-state index contributed by atoms with van der Waals surface area (Å²) in [6.07, 6.45) is 52.6. The summed E-state index contributed by atoms with van der Waals surface area (Å²) in [6, 6.07) is 17.2. The van der Waals surface area contributed by atoms with Gasteiger partial charge in [-0.05, 0) is 220 Å². The molecule has 3 saturated carbocycles. The lowest BCUT2D eigenvalue weighted by molar-refractivity contribution is -0.150. The van der Waals surface area contributed by atoms with Crippen LogP contribution < -0.4 is 0 Å². The fourth-order valence-electron chi connectivity index (χ4n) is 20.5. The van der Waals surface area contributed by atoms with Gasteiger partial charge >= 0.3 is 0 Å². The summed E-state index contributed by atoms with van der Waals surface area (Å²) in [4.78, 5) is 208. The Labute approximate surface area is 818 Å². The number of carbonyl (C=O) groups excluding carboxylic acids is 16. The lowest BCUT2D eigenvalue weighted by atomic mass is 9.85. The number of ketones is 8. The second-order valence-electron chi connectivity index (χ2n) is 41.3. The second kappa shape index (κ2) is 61.0. The molecule has 758 valence electrons. The highest BCUT2D eigenvalue weighted by atomic mass is 32.1. The number of likely N-dealkylation sites (tertiary alicyclic amines) is 8. The van der Waals surface area contributed by atoms with Crippen LogP contribution in [0, 0.1) is 23.2 Å². The number of carbonyl (C=O) groups is 16. The van der Waals surface area contributed by atoms with Gasteiger partial charge in [-0.2, -0.15) is 0 Å². The van der Waals surface area contributed by atoms with Crippen LogP contribution >= 0.6 is 11.3 Å². The van der Waals surface area contributed by atoms with E-state index in [-0.39, 0.29) is 154 Å². The molecule has 0 bridgehead atoms. The van der Waals surface area contributed by atoms with Gasteiger partial charge in [0.15, 0.2) is 5.76 Å². The molecule has 14 rings (SSSR count). The molecular formula is C110H170N8O17S. The normalized spacial score (nSPS) is 23.6. The van der Waals surface area contributed by atoms with Crippen LogP contribution in [-0.4, -0.2) is 233 Å². The number of nitrogens with zero attached hydrogens (tertiary/aromatic N) is 8. The maximum atomic E-state index is 12.4. The van der Waals surface area contributed by atoms with E-state index in [0.29, 0.717) is 30.0 Å². The van der Waals surface area contributed by atoms with Crippen molar-refractivity contribution in [1.82, 2.24) is 39.2 Å². The van der Waals surface area contributed by atoms with Gasteiger partial charge in [-0.15, -0.1) is 11.3 Å². The summed E-state index contributed by atoms with van der Waals surface area (Å²) in [5.74, 6) is -4.21. The quantitative estimate of drug-likeness (QED) is 0.0775. The highest BCUT2D eigenvalue weighted by Crippen LogP contribution is 2.33. The molecule has 1 aromatic carbocycles. The number of rotatable bonds is 15. The van der Waals surface area contributed by atoms with E-state index < -0.39 is 17.1 Å². The van der Waals surface area contributed by atoms with E-state index in [1.807, 2.05) is 60.8 Å². The number of benzene rings is 1. The predicted octanol–water partition coefficient (Wildman–Crippen LogP) is 20.6. The summed E-state index contributed by atoms with van der Waals surface area (Å²) in [6.45, 7) is 29.4. The molecular weight excluding hydrogens is 1740 g/mol. The van der Waals surface area contributed by atoms with Crippen molar-refractivity contribution in [2.24, 2.45) is 23.2 Å². The van der Waals surface area contributed by atoms with E-state index in [2.05, 4.69) is 20.8 Å².